The molecule has 0 aromatic rings. The standard InChI is InChI=1S/C55H106O10/c1-3-5-7-9-11-13-15-17-19-21-23-24-26-28-30-32-34-36-38-40-42-44-51(58)64-48(47-63-55-54(61)53(60)52(59)49(45-56)65-55)46-62-50(57)43-41-39-37-35-33-31-29-27-25-22-20-18-16-14-12-10-8-6-4-2/h48-49,52-56,59-61H,3-47H2,1-2H3/t48-,49-,52+,53?,54?,55-/m1/s1. The maximum Gasteiger partial charge on any atom is 0.306 e. The number of esters is 2. The summed E-state index contributed by atoms with van der Waals surface area (Å²) in [7, 11) is 0. The van der Waals surface area contributed by atoms with Gasteiger partial charge in [-0.25, -0.2) is 0 Å². The Hall–Kier alpha value is -1.30. The first-order valence-corrected chi connectivity index (χ1v) is 28.1. The van der Waals surface area contributed by atoms with Crippen molar-refractivity contribution in [1.29, 1.82) is 0 Å². The van der Waals surface area contributed by atoms with E-state index in [0.29, 0.717) is 6.42 Å². The fraction of sp³-hybridized carbons (Fsp3) is 0.964. The number of aliphatic hydroxyl groups excluding tert-OH is 4. The van der Waals surface area contributed by atoms with Gasteiger partial charge >= 0.3 is 11.9 Å². The minimum Gasteiger partial charge on any atom is -0.462 e. The Morgan fingerprint density at radius 1 is 0.415 bits per heavy atom. The maximum atomic E-state index is 12.9. The highest BCUT2D eigenvalue weighted by Crippen LogP contribution is 2.23. The molecule has 1 saturated heterocycles. The SMILES string of the molecule is CCCCCCCCCCCCCCCCCCCCCCCC(=O)O[C@H](COC(=O)CCCCCCCCCCCCCCCCCCCCC)CO[C@@H]1O[C@H](CO)[C@H](O)C(O)C1O. The molecule has 386 valence electrons. The molecule has 0 aromatic heterocycles. The van der Waals surface area contributed by atoms with E-state index in [1.165, 1.54) is 218 Å². The summed E-state index contributed by atoms with van der Waals surface area (Å²) in [6.07, 6.45) is 44.0. The van der Waals surface area contributed by atoms with E-state index in [-0.39, 0.29) is 32.0 Å². The Bertz CT molecular complexity index is 1030. The molecule has 0 saturated carbocycles. The van der Waals surface area contributed by atoms with Crippen molar-refractivity contribution < 1.29 is 49.0 Å². The molecular weight excluding hydrogens is 821 g/mol. The monoisotopic (exact) mass is 927 g/mol. The van der Waals surface area contributed by atoms with Crippen LogP contribution < -0.4 is 0 Å². The predicted octanol–water partition coefficient (Wildman–Crippen LogP) is 13.7. The average Bonchev–Trinajstić information content (AvgIpc) is 3.30. The summed E-state index contributed by atoms with van der Waals surface area (Å²) in [5, 5.41) is 40.3. The lowest BCUT2D eigenvalue weighted by Gasteiger charge is -2.39. The zero-order valence-electron chi connectivity index (χ0n) is 42.5. The fourth-order valence-electron chi connectivity index (χ4n) is 9.08. The van der Waals surface area contributed by atoms with Crippen LogP contribution in [0.5, 0.6) is 0 Å². The first-order valence-electron chi connectivity index (χ1n) is 28.1. The number of unbranched alkanes of at least 4 members (excludes halogenated alkanes) is 38. The summed E-state index contributed by atoms with van der Waals surface area (Å²) in [4.78, 5) is 25.5. The van der Waals surface area contributed by atoms with Crippen LogP contribution in [0.4, 0.5) is 0 Å². The van der Waals surface area contributed by atoms with Crippen molar-refractivity contribution in [2.24, 2.45) is 0 Å². The third kappa shape index (κ3) is 37.3. The molecule has 0 aliphatic carbocycles. The molecule has 1 aliphatic heterocycles. The molecule has 10 nitrogen and oxygen atoms in total. The Balaban J connectivity index is 2.20. The van der Waals surface area contributed by atoms with Crippen LogP contribution in [0.2, 0.25) is 0 Å². The van der Waals surface area contributed by atoms with Crippen molar-refractivity contribution >= 4 is 11.9 Å². The van der Waals surface area contributed by atoms with Crippen LogP contribution >= 0.6 is 0 Å². The summed E-state index contributed by atoms with van der Waals surface area (Å²) in [6, 6.07) is 0. The second kappa shape index (κ2) is 46.4. The molecule has 0 spiro atoms. The van der Waals surface area contributed by atoms with Gasteiger partial charge in [0.2, 0.25) is 0 Å². The molecule has 0 aromatic carbocycles. The Kier molecular flexibility index (Phi) is 44.1. The van der Waals surface area contributed by atoms with Gasteiger partial charge in [-0.15, -0.1) is 0 Å². The molecule has 4 N–H and O–H groups in total. The van der Waals surface area contributed by atoms with E-state index in [9.17, 15) is 30.0 Å². The molecule has 1 rings (SSSR count). The van der Waals surface area contributed by atoms with Gasteiger partial charge < -0.3 is 39.4 Å². The Labute approximate surface area is 399 Å². The van der Waals surface area contributed by atoms with Crippen LogP contribution in [0.3, 0.4) is 0 Å². The summed E-state index contributed by atoms with van der Waals surface area (Å²) in [5.41, 5.74) is 0. The third-order valence-corrected chi connectivity index (χ3v) is 13.5. The highest BCUT2D eigenvalue weighted by atomic mass is 16.7. The van der Waals surface area contributed by atoms with Gasteiger partial charge in [-0.2, -0.15) is 0 Å². The first kappa shape index (κ1) is 61.7. The van der Waals surface area contributed by atoms with E-state index < -0.39 is 49.4 Å². The second-order valence-electron chi connectivity index (χ2n) is 19.8. The zero-order chi connectivity index (χ0) is 47.3. The molecule has 2 unspecified atom stereocenters. The number of aliphatic hydroxyl groups is 4. The zero-order valence-corrected chi connectivity index (χ0v) is 42.5. The van der Waals surface area contributed by atoms with Gasteiger partial charge in [0, 0.05) is 12.8 Å². The van der Waals surface area contributed by atoms with Gasteiger partial charge in [-0.05, 0) is 12.8 Å². The number of hydrogen-bond acceptors (Lipinski definition) is 10. The van der Waals surface area contributed by atoms with Crippen molar-refractivity contribution in [3.05, 3.63) is 0 Å². The van der Waals surface area contributed by atoms with Crippen LogP contribution in [-0.4, -0.2) is 89.0 Å². The van der Waals surface area contributed by atoms with Crippen molar-refractivity contribution in [3.8, 4) is 0 Å². The van der Waals surface area contributed by atoms with Crippen LogP contribution in [0.15, 0.2) is 0 Å². The minimum absolute atomic E-state index is 0.208. The molecule has 1 heterocycles. The van der Waals surface area contributed by atoms with Crippen LogP contribution in [0, 0.1) is 0 Å². The number of ether oxygens (including phenoxy) is 4. The van der Waals surface area contributed by atoms with Gasteiger partial charge in [0.15, 0.2) is 12.4 Å². The Morgan fingerprint density at radius 3 is 1.05 bits per heavy atom. The molecule has 10 heteroatoms. The lowest BCUT2D eigenvalue weighted by molar-refractivity contribution is -0.305. The maximum absolute atomic E-state index is 12.9. The smallest absolute Gasteiger partial charge is 0.306 e. The van der Waals surface area contributed by atoms with Gasteiger partial charge in [-0.3, -0.25) is 9.59 Å². The largest absolute Gasteiger partial charge is 0.462 e. The number of carbonyl (C=O) groups excluding carboxylic acids is 2. The van der Waals surface area contributed by atoms with Crippen molar-refractivity contribution in [1.82, 2.24) is 0 Å². The van der Waals surface area contributed by atoms with Crippen LogP contribution in [-0.2, 0) is 28.5 Å². The van der Waals surface area contributed by atoms with Crippen molar-refractivity contribution in [3.63, 3.8) is 0 Å². The van der Waals surface area contributed by atoms with E-state index in [4.69, 9.17) is 18.9 Å². The highest BCUT2D eigenvalue weighted by Gasteiger charge is 2.44. The van der Waals surface area contributed by atoms with Gasteiger partial charge in [0.05, 0.1) is 13.2 Å². The normalized spacial score (nSPS) is 19.1. The van der Waals surface area contributed by atoms with Crippen LogP contribution in [0.1, 0.15) is 284 Å². The van der Waals surface area contributed by atoms with E-state index in [0.717, 1.165) is 32.1 Å². The minimum atomic E-state index is -1.59. The third-order valence-electron chi connectivity index (χ3n) is 13.5. The number of carbonyl (C=O) groups is 2. The molecular formula is C55H106O10. The number of hydrogen-bond donors (Lipinski definition) is 4. The quantitative estimate of drug-likeness (QED) is 0.0343. The van der Waals surface area contributed by atoms with Crippen molar-refractivity contribution in [2.75, 3.05) is 19.8 Å². The summed E-state index contributed by atoms with van der Waals surface area (Å²) >= 11 is 0. The average molecular weight is 927 g/mol. The topological polar surface area (TPSA) is 152 Å². The van der Waals surface area contributed by atoms with Gasteiger partial charge in [0.25, 0.3) is 0 Å². The summed E-state index contributed by atoms with van der Waals surface area (Å²) in [6.45, 7) is 3.50. The molecule has 1 aliphatic rings. The molecule has 6 atom stereocenters. The van der Waals surface area contributed by atoms with Gasteiger partial charge in [-0.1, -0.05) is 258 Å². The van der Waals surface area contributed by atoms with E-state index in [2.05, 4.69) is 13.8 Å². The molecule has 1 fully saturated rings. The van der Waals surface area contributed by atoms with E-state index in [1.54, 1.807) is 0 Å². The fourth-order valence-corrected chi connectivity index (χ4v) is 9.08. The number of rotatable bonds is 49. The van der Waals surface area contributed by atoms with Crippen LogP contribution in [0.25, 0.3) is 0 Å². The molecule has 0 radical (unpaired) electrons. The molecule has 0 bridgehead atoms. The predicted molar refractivity (Wildman–Crippen MR) is 266 cm³/mol. The summed E-state index contributed by atoms with van der Waals surface area (Å²) < 4.78 is 22.3. The second-order valence-corrected chi connectivity index (χ2v) is 19.8. The lowest BCUT2D eigenvalue weighted by Crippen LogP contribution is -2.59. The van der Waals surface area contributed by atoms with Crippen molar-refractivity contribution in [2.45, 2.75) is 320 Å². The van der Waals surface area contributed by atoms with Gasteiger partial charge in [0.1, 0.15) is 31.0 Å². The van der Waals surface area contributed by atoms with E-state index in [1.807, 2.05) is 0 Å². The van der Waals surface area contributed by atoms with E-state index >= 15 is 0 Å². The summed E-state index contributed by atoms with van der Waals surface area (Å²) in [5.74, 6) is -0.782. The highest BCUT2D eigenvalue weighted by molar-refractivity contribution is 5.70. The first-order chi connectivity index (χ1) is 31.8. The lowest BCUT2D eigenvalue weighted by atomic mass is 9.99. The molecule has 0 amide bonds. The Morgan fingerprint density at radius 2 is 0.723 bits per heavy atom. The molecule has 65 heavy (non-hydrogen) atoms.